The third-order valence-electron chi connectivity index (χ3n) is 5.20. The van der Waals surface area contributed by atoms with E-state index in [4.69, 9.17) is 11.6 Å². The van der Waals surface area contributed by atoms with Gasteiger partial charge >= 0.3 is 0 Å². The zero-order chi connectivity index (χ0) is 20.4. The molecule has 1 amide bonds. The molecule has 5 nitrogen and oxygen atoms in total. The molecule has 2 heterocycles. The average Bonchev–Trinajstić information content (AvgIpc) is 3.17. The number of nitrogens with one attached hydrogen (secondary N) is 2. The summed E-state index contributed by atoms with van der Waals surface area (Å²) in [4.78, 5) is 13.1. The SMILES string of the molecule is Cc1cccc(-n2ncc(C(=O)Nc3ccc(F)c(Cl)c3)c2C2CCNCC2)c1.Cl. The van der Waals surface area contributed by atoms with Gasteiger partial charge in [0.05, 0.1) is 28.2 Å². The third-order valence-corrected chi connectivity index (χ3v) is 5.49. The Morgan fingerprint density at radius 2 is 2.00 bits per heavy atom. The summed E-state index contributed by atoms with van der Waals surface area (Å²) in [5.74, 6) is -0.579. The minimum Gasteiger partial charge on any atom is -0.322 e. The molecule has 1 aliphatic heterocycles. The van der Waals surface area contributed by atoms with Crippen molar-refractivity contribution in [2.75, 3.05) is 18.4 Å². The summed E-state index contributed by atoms with van der Waals surface area (Å²) in [6.45, 7) is 3.83. The molecule has 0 unspecified atom stereocenters. The number of hydrogen-bond acceptors (Lipinski definition) is 3. The highest BCUT2D eigenvalue weighted by molar-refractivity contribution is 6.31. The van der Waals surface area contributed by atoms with Crippen LogP contribution in [0.4, 0.5) is 10.1 Å². The monoisotopic (exact) mass is 448 g/mol. The molecule has 4 rings (SSSR count). The molecule has 158 valence electrons. The zero-order valence-corrected chi connectivity index (χ0v) is 18.1. The van der Waals surface area contributed by atoms with Crippen LogP contribution in [-0.4, -0.2) is 28.8 Å². The number of anilines is 1. The number of rotatable bonds is 4. The molecule has 0 aliphatic carbocycles. The summed E-state index contributed by atoms with van der Waals surface area (Å²) in [6.07, 6.45) is 3.47. The van der Waals surface area contributed by atoms with Gasteiger partial charge < -0.3 is 10.6 Å². The number of aryl methyl sites for hydroxylation is 1. The summed E-state index contributed by atoms with van der Waals surface area (Å²) in [5.41, 5.74) is 3.94. The first-order chi connectivity index (χ1) is 14.0. The normalized spacial score (nSPS) is 14.2. The van der Waals surface area contributed by atoms with Crippen molar-refractivity contribution < 1.29 is 9.18 Å². The smallest absolute Gasteiger partial charge is 0.259 e. The van der Waals surface area contributed by atoms with Gasteiger partial charge in [0.25, 0.3) is 5.91 Å². The molecular weight excluding hydrogens is 426 g/mol. The Kier molecular flexibility index (Phi) is 7.13. The van der Waals surface area contributed by atoms with Crippen molar-refractivity contribution in [3.8, 4) is 5.69 Å². The summed E-state index contributed by atoms with van der Waals surface area (Å²) in [7, 11) is 0. The maximum absolute atomic E-state index is 13.4. The fraction of sp³-hybridized carbons (Fsp3) is 0.273. The van der Waals surface area contributed by atoms with Crippen molar-refractivity contribution in [1.29, 1.82) is 0 Å². The molecule has 0 atom stereocenters. The van der Waals surface area contributed by atoms with Crippen molar-refractivity contribution >= 4 is 35.6 Å². The number of nitrogens with zero attached hydrogens (tertiary/aromatic N) is 2. The van der Waals surface area contributed by atoms with Crippen LogP contribution in [0.1, 0.15) is 40.4 Å². The van der Waals surface area contributed by atoms with Crippen LogP contribution >= 0.6 is 24.0 Å². The van der Waals surface area contributed by atoms with Crippen LogP contribution in [0.2, 0.25) is 5.02 Å². The highest BCUT2D eigenvalue weighted by atomic mass is 35.5. The Morgan fingerprint density at radius 3 is 2.70 bits per heavy atom. The fourth-order valence-corrected chi connectivity index (χ4v) is 3.94. The van der Waals surface area contributed by atoms with Crippen molar-refractivity contribution in [1.82, 2.24) is 15.1 Å². The van der Waals surface area contributed by atoms with Crippen LogP contribution in [0.5, 0.6) is 0 Å². The molecule has 2 N–H and O–H groups in total. The summed E-state index contributed by atoms with van der Waals surface area (Å²) in [5, 5.41) is 10.7. The second kappa shape index (κ2) is 9.60. The Hall–Kier alpha value is -2.41. The van der Waals surface area contributed by atoms with E-state index in [2.05, 4.69) is 21.8 Å². The molecule has 0 saturated carbocycles. The fourth-order valence-electron chi connectivity index (χ4n) is 3.76. The van der Waals surface area contributed by atoms with Gasteiger partial charge in [0.2, 0.25) is 0 Å². The van der Waals surface area contributed by atoms with E-state index < -0.39 is 5.82 Å². The van der Waals surface area contributed by atoms with Crippen molar-refractivity contribution in [3.05, 3.63) is 76.3 Å². The van der Waals surface area contributed by atoms with Gasteiger partial charge in [-0.3, -0.25) is 4.79 Å². The lowest BCUT2D eigenvalue weighted by atomic mass is 9.91. The number of carbonyl (C=O) groups excluding carboxylic acids is 1. The molecule has 30 heavy (non-hydrogen) atoms. The van der Waals surface area contributed by atoms with E-state index in [9.17, 15) is 9.18 Å². The highest BCUT2D eigenvalue weighted by Crippen LogP contribution is 2.31. The van der Waals surface area contributed by atoms with Gasteiger partial charge in [-0.25, -0.2) is 9.07 Å². The Balaban J connectivity index is 0.00000256. The van der Waals surface area contributed by atoms with E-state index in [-0.39, 0.29) is 29.3 Å². The highest BCUT2D eigenvalue weighted by Gasteiger charge is 2.27. The topological polar surface area (TPSA) is 59.0 Å². The molecule has 0 spiro atoms. The second-order valence-electron chi connectivity index (χ2n) is 7.30. The van der Waals surface area contributed by atoms with E-state index in [0.717, 1.165) is 42.9 Å². The predicted octanol–water partition coefficient (Wildman–Crippen LogP) is 5.11. The Morgan fingerprint density at radius 1 is 1.23 bits per heavy atom. The number of halogens is 3. The maximum atomic E-state index is 13.4. The molecule has 1 aliphatic rings. The summed E-state index contributed by atoms with van der Waals surface area (Å²) < 4.78 is 15.3. The van der Waals surface area contributed by atoms with Crippen LogP contribution in [0, 0.1) is 12.7 Å². The lowest BCUT2D eigenvalue weighted by Crippen LogP contribution is -2.29. The van der Waals surface area contributed by atoms with Crippen molar-refractivity contribution in [3.63, 3.8) is 0 Å². The number of piperidine rings is 1. The number of benzene rings is 2. The van der Waals surface area contributed by atoms with Crippen LogP contribution in [0.3, 0.4) is 0 Å². The number of amides is 1. The largest absolute Gasteiger partial charge is 0.322 e. The van der Waals surface area contributed by atoms with E-state index in [1.807, 2.05) is 29.8 Å². The van der Waals surface area contributed by atoms with Gasteiger partial charge in [-0.05, 0) is 68.8 Å². The molecule has 1 fully saturated rings. The molecular formula is C22H23Cl2FN4O. The van der Waals surface area contributed by atoms with Crippen molar-refractivity contribution in [2.24, 2.45) is 0 Å². The van der Waals surface area contributed by atoms with E-state index in [1.165, 1.54) is 18.2 Å². The first-order valence-corrected chi connectivity index (χ1v) is 10.0. The average molecular weight is 449 g/mol. The lowest BCUT2D eigenvalue weighted by molar-refractivity contribution is 0.102. The van der Waals surface area contributed by atoms with E-state index in [0.29, 0.717) is 11.3 Å². The first-order valence-electron chi connectivity index (χ1n) is 9.65. The predicted molar refractivity (Wildman–Crippen MR) is 120 cm³/mol. The number of carbonyl (C=O) groups is 1. The second-order valence-corrected chi connectivity index (χ2v) is 7.71. The quantitative estimate of drug-likeness (QED) is 0.582. The third kappa shape index (κ3) is 4.67. The summed E-state index contributed by atoms with van der Waals surface area (Å²) in [6, 6.07) is 12.2. The minimum absolute atomic E-state index is 0. The van der Waals surface area contributed by atoms with Crippen LogP contribution in [-0.2, 0) is 0 Å². The standard InChI is InChI=1S/C22H22ClFN4O.ClH/c1-14-3-2-4-17(11-14)28-21(15-7-9-25-10-8-15)18(13-26-28)22(29)27-16-5-6-20(24)19(23)12-16;/h2-6,11-13,15,25H,7-10H2,1H3,(H,27,29);1H. The molecule has 2 aromatic carbocycles. The zero-order valence-electron chi connectivity index (χ0n) is 16.5. The Bertz CT molecular complexity index is 1050. The van der Waals surface area contributed by atoms with Crippen LogP contribution < -0.4 is 10.6 Å². The maximum Gasteiger partial charge on any atom is 0.259 e. The number of hydrogen-bond donors (Lipinski definition) is 2. The van der Waals surface area contributed by atoms with Gasteiger partial charge in [-0.2, -0.15) is 5.10 Å². The number of aromatic nitrogens is 2. The molecule has 3 aromatic rings. The van der Waals surface area contributed by atoms with Gasteiger partial charge in [-0.1, -0.05) is 23.7 Å². The van der Waals surface area contributed by atoms with Crippen LogP contribution in [0.15, 0.2) is 48.7 Å². The summed E-state index contributed by atoms with van der Waals surface area (Å²) >= 11 is 5.85. The minimum atomic E-state index is -0.521. The molecule has 0 bridgehead atoms. The lowest BCUT2D eigenvalue weighted by Gasteiger charge is -2.24. The molecule has 1 saturated heterocycles. The van der Waals surface area contributed by atoms with Crippen LogP contribution in [0.25, 0.3) is 5.69 Å². The van der Waals surface area contributed by atoms with Gasteiger partial charge in [-0.15, -0.1) is 12.4 Å². The van der Waals surface area contributed by atoms with Gasteiger partial charge in [0.15, 0.2) is 0 Å². The van der Waals surface area contributed by atoms with E-state index >= 15 is 0 Å². The molecule has 1 aromatic heterocycles. The van der Waals surface area contributed by atoms with Crippen molar-refractivity contribution in [2.45, 2.75) is 25.7 Å². The van der Waals surface area contributed by atoms with Gasteiger partial charge in [0, 0.05) is 11.6 Å². The first kappa shape index (κ1) is 22.3. The van der Waals surface area contributed by atoms with Gasteiger partial charge in [0.1, 0.15) is 5.82 Å². The molecule has 8 heteroatoms. The van der Waals surface area contributed by atoms with E-state index in [1.54, 1.807) is 6.20 Å². The Labute approximate surface area is 186 Å². The molecule has 0 radical (unpaired) electrons.